The van der Waals surface area contributed by atoms with Crippen molar-refractivity contribution in [2.45, 2.75) is 0 Å². The predicted octanol–water partition coefficient (Wildman–Crippen LogP) is 0.420. The SMILES string of the molecule is O=C(O)CNc1nc2ccccc2c(=O)[nH]1. The van der Waals surface area contributed by atoms with Crippen LogP contribution in [0.4, 0.5) is 5.95 Å². The first-order chi connectivity index (χ1) is 7.66. The molecule has 1 aromatic heterocycles. The van der Waals surface area contributed by atoms with Crippen LogP contribution in [-0.2, 0) is 4.79 Å². The van der Waals surface area contributed by atoms with Gasteiger partial charge in [-0.2, -0.15) is 0 Å². The Bertz CT molecular complexity index is 591. The fraction of sp³-hybridized carbons (Fsp3) is 0.100. The van der Waals surface area contributed by atoms with Crippen molar-refractivity contribution in [2.75, 3.05) is 11.9 Å². The fourth-order valence-electron chi connectivity index (χ4n) is 1.33. The Morgan fingerprint density at radius 2 is 2.19 bits per heavy atom. The lowest BCUT2D eigenvalue weighted by atomic mass is 10.2. The maximum Gasteiger partial charge on any atom is 0.322 e. The van der Waals surface area contributed by atoms with Gasteiger partial charge in [0, 0.05) is 0 Å². The number of carboxylic acid groups (broad SMARTS) is 1. The molecular weight excluding hydrogens is 210 g/mol. The third-order valence-electron chi connectivity index (χ3n) is 2.02. The minimum absolute atomic E-state index is 0.158. The molecule has 1 heterocycles. The van der Waals surface area contributed by atoms with Gasteiger partial charge in [0.25, 0.3) is 5.56 Å². The lowest BCUT2D eigenvalue weighted by Gasteiger charge is -2.03. The van der Waals surface area contributed by atoms with Crippen LogP contribution >= 0.6 is 0 Å². The maximum absolute atomic E-state index is 11.6. The van der Waals surface area contributed by atoms with Gasteiger partial charge in [0.15, 0.2) is 0 Å². The van der Waals surface area contributed by atoms with Crippen molar-refractivity contribution in [1.29, 1.82) is 0 Å². The van der Waals surface area contributed by atoms with Gasteiger partial charge >= 0.3 is 5.97 Å². The van der Waals surface area contributed by atoms with Gasteiger partial charge in [-0.15, -0.1) is 0 Å². The number of rotatable bonds is 3. The molecule has 3 N–H and O–H groups in total. The summed E-state index contributed by atoms with van der Waals surface area (Å²) in [6.07, 6.45) is 0. The standard InChI is InChI=1S/C10H9N3O3/c14-8(15)5-11-10-12-7-4-2-1-3-6(7)9(16)13-10/h1-4H,5H2,(H,14,15)(H2,11,12,13,16). The number of hydrogen-bond acceptors (Lipinski definition) is 4. The van der Waals surface area contributed by atoms with Crippen molar-refractivity contribution in [1.82, 2.24) is 9.97 Å². The second kappa shape index (κ2) is 4.01. The Morgan fingerprint density at radius 1 is 1.44 bits per heavy atom. The number of nitrogens with one attached hydrogen (secondary N) is 2. The van der Waals surface area contributed by atoms with Gasteiger partial charge in [-0.1, -0.05) is 12.1 Å². The molecule has 0 aliphatic heterocycles. The number of anilines is 1. The Hall–Kier alpha value is -2.37. The van der Waals surface area contributed by atoms with Gasteiger partial charge in [0.2, 0.25) is 5.95 Å². The van der Waals surface area contributed by atoms with E-state index in [0.717, 1.165) is 0 Å². The molecule has 0 saturated heterocycles. The number of hydrogen-bond donors (Lipinski definition) is 3. The summed E-state index contributed by atoms with van der Waals surface area (Å²) in [4.78, 5) is 28.4. The lowest BCUT2D eigenvalue weighted by Crippen LogP contribution is -2.18. The van der Waals surface area contributed by atoms with Crippen molar-refractivity contribution in [3.05, 3.63) is 34.6 Å². The summed E-state index contributed by atoms with van der Waals surface area (Å²) in [5, 5.41) is 11.5. The molecule has 0 amide bonds. The molecule has 0 aliphatic carbocycles. The highest BCUT2D eigenvalue weighted by molar-refractivity contribution is 5.78. The summed E-state index contributed by atoms with van der Waals surface area (Å²) in [5.74, 6) is -0.859. The molecule has 0 aliphatic rings. The molecule has 1 aromatic carbocycles. The van der Waals surface area contributed by atoms with Crippen LogP contribution in [0.1, 0.15) is 0 Å². The van der Waals surface area contributed by atoms with Crippen LogP contribution in [0.15, 0.2) is 29.1 Å². The molecule has 2 aromatic rings. The van der Waals surface area contributed by atoms with Gasteiger partial charge in [-0.25, -0.2) is 4.98 Å². The fourth-order valence-corrected chi connectivity index (χ4v) is 1.33. The number of benzene rings is 1. The first kappa shape index (κ1) is 10.2. The number of aromatic amines is 1. The predicted molar refractivity (Wildman–Crippen MR) is 58.5 cm³/mol. The van der Waals surface area contributed by atoms with E-state index in [9.17, 15) is 9.59 Å². The number of aromatic nitrogens is 2. The van der Waals surface area contributed by atoms with Gasteiger partial charge in [0.05, 0.1) is 10.9 Å². The topological polar surface area (TPSA) is 95.1 Å². The third kappa shape index (κ3) is 2.00. The van der Waals surface area contributed by atoms with Crippen LogP contribution in [0, 0.1) is 0 Å². The van der Waals surface area contributed by atoms with E-state index in [1.54, 1.807) is 24.3 Å². The average Bonchev–Trinajstić information content (AvgIpc) is 2.26. The van der Waals surface area contributed by atoms with Crippen LogP contribution in [0.25, 0.3) is 10.9 Å². The number of nitrogens with zero attached hydrogens (tertiary/aromatic N) is 1. The summed E-state index contributed by atoms with van der Waals surface area (Å²) >= 11 is 0. The zero-order chi connectivity index (χ0) is 11.5. The molecule has 0 bridgehead atoms. The summed E-state index contributed by atoms with van der Waals surface area (Å²) in [5.41, 5.74) is 0.234. The van der Waals surface area contributed by atoms with Crippen molar-refractivity contribution in [3.63, 3.8) is 0 Å². The van der Waals surface area contributed by atoms with Gasteiger partial charge in [-0.3, -0.25) is 14.6 Å². The number of para-hydroxylation sites is 1. The minimum atomic E-state index is -1.02. The zero-order valence-electron chi connectivity index (χ0n) is 8.23. The molecule has 2 rings (SSSR count). The van der Waals surface area contributed by atoms with Gasteiger partial charge < -0.3 is 10.4 Å². The van der Waals surface area contributed by atoms with Gasteiger partial charge in [0.1, 0.15) is 6.54 Å². The Labute approximate surface area is 89.9 Å². The molecule has 0 fully saturated rings. The van der Waals surface area contributed by atoms with E-state index in [1.807, 2.05) is 0 Å². The summed E-state index contributed by atoms with van der Waals surface area (Å²) in [6, 6.07) is 6.85. The van der Waals surface area contributed by atoms with E-state index in [-0.39, 0.29) is 18.1 Å². The van der Waals surface area contributed by atoms with E-state index in [0.29, 0.717) is 10.9 Å². The van der Waals surface area contributed by atoms with Crippen molar-refractivity contribution >= 4 is 22.8 Å². The Morgan fingerprint density at radius 3 is 2.94 bits per heavy atom. The highest BCUT2D eigenvalue weighted by Gasteiger charge is 2.03. The molecule has 0 saturated carbocycles. The smallest absolute Gasteiger partial charge is 0.322 e. The van der Waals surface area contributed by atoms with E-state index < -0.39 is 5.97 Å². The third-order valence-corrected chi connectivity index (χ3v) is 2.02. The second-order valence-corrected chi connectivity index (χ2v) is 3.18. The van der Waals surface area contributed by atoms with Crippen molar-refractivity contribution in [3.8, 4) is 0 Å². The number of carbonyl (C=O) groups is 1. The van der Waals surface area contributed by atoms with Crippen LogP contribution in [-0.4, -0.2) is 27.6 Å². The van der Waals surface area contributed by atoms with E-state index in [1.165, 1.54) is 0 Å². The van der Waals surface area contributed by atoms with E-state index in [2.05, 4.69) is 15.3 Å². The Kier molecular flexibility index (Phi) is 2.55. The molecule has 0 unspecified atom stereocenters. The molecule has 16 heavy (non-hydrogen) atoms. The summed E-state index contributed by atoms with van der Waals surface area (Å²) in [6.45, 7) is -0.290. The monoisotopic (exact) mass is 219 g/mol. The lowest BCUT2D eigenvalue weighted by molar-refractivity contribution is -0.134. The van der Waals surface area contributed by atoms with Gasteiger partial charge in [-0.05, 0) is 12.1 Å². The molecular formula is C10H9N3O3. The highest BCUT2D eigenvalue weighted by Crippen LogP contribution is 2.07. The van der Waals surface area contributed by atoms with E-state index >= 15 is 0 Å². The molecule has 6 nitrogen and oxygen atoms in total. The molecule has 0 spiro atoms. The number of fused-ring (bicyclic) bond motifs is 1. The molecule has 6 heteroatoms. The van der Waals surface area contributed by atoms with Crippen LogP contribution in [0.3, 0.4) is 0 Å². The van der Waals surface area contributed by atoms with Crippen molar-refractivity contribution in [2.24, 2.45) is 0 Å². The first-order valence-corrected chi connectivity index (χ1v) is 4.61. The summed E-state index contributed by atoms with van der Waals surface area (Å²) < 4.78 is 0. The second-order valence-electron chi connectivity index (χ2n) is 3.18. The zero-order valence-corrected chi connectivity index (χ0v) is 8.23. The Balaban J connectivity index is 2.42. The van der Waals surface area contributed by atoms with Crippen LogP contribution in [0.2, 0.25) is 0 Å². The first-order valence-electron chi connectivity index (χ1n) is 4.61. The quantitative estimate of drug-likeness (QED) is 0.695. The minimum Gasteiger partial charge on any atom is -0.480 e. The van der Waals surface area contributed by atoms with E-state index in [4.69, 9.17) is 5.11 Å². The average molecular weight is 219 g/mol. The molecule has 0 radical (unpaired) electrons. The maximum atomic E-state index is 11.6. The number of aliphatic carboxylic acids is 1. The highest BCUT2D eigenvalue weighted by atomic mass is 16.4. The van der Waals surface area contributed by atoms with Crippen molar-refractivity contribution < 1.29 is 9.90 Å². The summed E-state index contributed by atoms with van der Waals surface area (Å²) in [7, 11) is 0. The molecule has 82 valence electrons. The number of carboxylic acids is 1. The normalized spacial score (nSPS) is 10.2. The largest absolute Gasteiger partial charge is 0.480 e. The van der Waals surface area contributed by atoms with Crippen LogP contribution in [0.5, 0.6) is 0 Å². The van der Waals surface area contributed by atoms with Crippen LogP contribution < -0.4 is 10.9 Å². The number of H-pyrrole nitrogens is 1. The molecule has 0 atom stereocenters.